The Morgan fingerprint density at radius 1 is 1.17 bits per heavy atom. The molecule has 2 heterocycles. The minimum Gasteiger partial charge on any atom is -0.493 e. The van der Waals surface area contributed by atoms with Gasteiger partial charge in [0.1, 0.15) is 5.75 Å². The average Bonchev–Trinajstić information content (AvgIpc) is 3.27. The van der Waals surface area contributed by atoms with Gasteiger partial charge in [0.2, 0.25) is 5.91 Å². The molecule has 2 fully saturated rings. The van der Waals surface area contributed by atoms with Crippen molar-refractivity contribution in [1.29, 1.82) is 0 Å². The van der Waals surface area contributed by atoms with Crippen LogP contribution in [0.1, 0.15) is 30.9 Å². The highest BCUT2D eigenvalue weighted by atomic mass is 16.7. The van der Waals surface area contributed by atoms with Gasteiger partial charge in [0, 0.05) is 17.4 Å². The van der Waals surface area contributed by atoms with Gasteiger partial charge in [-0.15, -0.1) is 0 Å². The number of hydroxylamine groups is 2. The molecule has 1 aromatic carbocycles. The second-order valence-corrected chi connectivity index (χ2v) is 6.74. The van der Waals surface area contributed by atoms with Crippen LogP contribution in [0, 0.1) is 17.8 Å². The van der Waals surface area contributed by atoms with E-state index >= 15 is 0 Å². The second-order valence-electron chi connectivity index (χ2n) is 6.74. The molecular weight excluding hydrogens is 310 g/mol. The summed E-state index contributed by atoms with van der Waals surface area (Å²) in [5.41, 5.74) is 1.00. The van der Waals surface area contributed by atoms with Crippen LogP contribution in [0.25, 0.3) is 0 Å². The number of carbonyl (C=O) groups is 2. The highest BCUT2D eigenvalue weighted by Gasteiger charge is 2.47. The standard InChI is InChI=1S/C18H21NO5/c1-22-18(21)12-7-6-11(8-12)17(20)19-16-13(10-24-19)9-23-15-5-3-2-4-14(15)16/h2-5,11-13,16H,6-10H2,1H3/t11-,12+,13+,16-/m1/s1. The molecule has 0 bridgehead atoms. The van der Waals surface area contributed by atoms with E-state index in [0.29, 0.717) is 32.5 Å². The minimum atomic E-state index is -0.220. The van der Waals surface area contributed by atoms with E-state index in [1.165, 1.54) is 12.2 Å². The van der Waals surface area contributed by atoms with E-state index in [4.69, 9.17) is 14.3 Å². The first kappa shape index (κ1) is 15.4. The van der Waals surface area contributed by atoms with Crippen molar-refractivity contribution in [2.24, 2.45) is 17.8 Å². The fraction of sp³-hybridized carbons (Fsp3) is 0.556. The summed E-state index contributed by atoms with van der Waals surface area (Å²) in [6.45, 7) is 1.04. The molecule has 0 unspecified atom stereocenters. The number of fused-ring (bicyclic) bond motifs is 3. The first-order chi connectivity index (χ1) is 11.7. The maximum atomic E-state index is 13.0. The molecule has 4 atom stereocenters. The SMILES string of the molecule is COC(=O)[C@H]1CC[C@@H](C(=O)N2OC[C@@H]3COc4ccccc4[C@@H]32)C1. The summed E-state index contributed by atoms with van der Waals surface area (Å²) >= 11 is 0. The fourth-order valence-corrected chi connectivity index (χ4v) is 4.08. The molecular formula is C18H21NO5. The van der Waals surface area contributed by atoms with Crippen LogP contribution in [0.2, 0.25) is 0 Å². The number of methoxy groups -OCH3 is 1. The third-order valence-corrected chi connectivity index (χ3v) is 5.35. The van der Waals surface area contributed by atoms with Crippen LogP contribution in [0.4, 0.5) is 0 Å². The Kier molecular flexibility index (Phi) is 3.92. The molecule has 24 heavy (non-hydrogen) atoms. The summed E-state index contributed by atoms with van der Waals surface area (Å²) in [4.78, 5) is 30.4. The molecule has 1 saturated heterocycles. The lowest BCUT2D eigenvalue weighted by Crippen LogP contribution is -2.37. The van der Waals surface area contributed by atoms with Crippen molar-refractivity contribution in [1.82, 2.24) is 5.06 Å². The summed E-state index contributed by atoms with van der Waals surface area (Å²) < 4.78 is 10.6. The Bertz CT molecular complexity index is 661. The molecule has 1 aliphatic carbocycles. The van der Waals surface area contributed by atoms with Crippen LogP contribution >= 0.6 is 0 Å². The molecule has 128 valence electrons. The van der Waals surface area contributed by atoms with E-state index in [9.17, 15) is 9.59 Å². The number of hydrogen-bond acceptors (Lipinski definition) is 5. The number of rotatable bonds is 2. The smallest absolute Gasteiger partial charge is 0.308 e. The van der Waals surface area contributed by atoms with Crippen molar-refractivity contribution in [2.45, 2.75) is 25.3 Å². The molecule has 0 radical (unpaired) electrons. The van der Waals surface area contributed by atoms with Crippen LogP contribution in [0.15, 0.2) is 24.3 Å². The zero-order valence-corrected chi connectivity index (χ0v) is 13.6. The Morgan fingerprint density at radius 2 is 1.96 bits per heavy atom. The van der Waals surface area contributed by atoms with Crippen molar-refractivity contribution < 1.29 is 23.9 Å². The number of hydrogen-bond donors (Lipinski definition) is 0. The van der Waals surface area contributed by atoms with Crippen LogP contribution in [0.3, 0.4) is 0 Å². The molecule has 3 aliphatic rings. The Hall–Kier alpha value is -2.08. The van der Waals surface area contributed by atoms with Crippen molar-refractivity contribution in [3.05, 3.63) is 29.8 Å². The van der Waals surface area contributed by atoms with Crippen molar-refractivity contribution >= 4 is 11.9 Å². The molecule has 4 rings (SSSR count). The van der Waals surface area contributed by atoms with Crippen molar-refractivity contribution in [2.75, 3.05) is 20.3 Å². The summed E-state index contributed by atoms with van der Waals surface area (Å²) in [5.74, 6) is 0.377. The predicted octanol–water partition coefficient (Wildman–Crippen LogP) is 2.10. The largest absolute Gasteiger partial charge is 0.493 e. The highest BCUT2D eigenvalue weighted by Crippen LogP contribution is 2.45. The number of nitrogens with zero attached hydrogens (tertiary/aromatic N) is 1. The van der Waals surface area contributed by atoms with Gasteiger partial charge in [-0.3, -0.25) is 14.4 Å². The molecule has 0 spiro atoms. The van der Waals surface area contributed by atoms with E-state index in [0.717, 1.165) is 11.3 Å². The number of para-hydroxylation sites is 1. The number of amides is 1. The summed E-state index contributed by atoms with van der Waals surface area (Å²) in [6, 6.07) is 7.70. The molecule has 6 heteroatoms. The maximum absolute atomic E-state index is 13.0. The van der Waals surface area contributed by atoms with Gasteiger partial charge in [0.05, 0.1) is 32.3 Å². The van der Waals surface area contributed by atoms with Crippen molar-refractivity contribution in [3.8, 4) is 5.75 Å². The predicted molar refractivity (Wildman–Crippen MR) is 83.8 cm³/mol. The fourth-order valence-electron chi connectivity index (χ4n) is 4.08. The zero-order chi connectivity index (χ0) is 16.7. The van der Waals surface area contributed by atoms with Crippen LogP contribution in [-0.4, -0.2) is 37.3 Å². The van der Waals surface area contributed by atoms with Gasteiger partial charge in [0.15, 0.2) is 0 Å². The molecule has 1 aromatic rings. The molecule has 1 saturated carbocycles. The maximum Gasteiger partial charge on any atom is 0.308 e. The lowest BCUT2D eigenvalue weighted by molar-refractivity contribution is -0.182. The van der Waals surface area contributed by atoms with E-state index in [2.05, 4.69) is 0 Å². The minimum absolute atomic E-state index is 0.0226. The normalized spacial score (nSPS) is 31.1. The van der Waals surface area contributed by atoms with Crippen molar-refractivity contribution in [3.63, 3.8) is 0 Å². The molecule has 1 amide bonds. The summed E-state index contributed by atoms with van der Waals surface area (Å²) in [5, 5.41) is 1.54. The van der Waals surface area contributed by atoms with Gasteiger partial charge < -0.3 is 9.47 Å². The first-order valence-electron chi connectivity index (χ1n) is 8.44. The molecule has 0 N–H and O–H groups in total. The molecule has 6 nitrogen and oxygen atoms in total. The first-order valence-corrected chi connectivity index (χ1v) is 8.44. The Labute approximate surface area is 140 Å². The number of carbonyl (C=O) groups excluding carboxylic acids is 2. The van der Waals surface area contributed by atoms with Crippen LogP contribution in [0.5, 0.6) is 5.75 Å². The summed E-state index contributed by atoms with van der Waals surface area (Å²) in [6.07, 6.45) is 1.94. The number of ether oxygens (including phenoxy) is 2. The molecule has 2 aliphatic heterocycles. The Balaban J connectivity index is 1.53. The van der Waals surface area contributed by atoms with E-state index < -0.39 is 0 Å². The van der Waals surface area contributed by atoms with Crippen LogP contribution < -0.4 is 4.74 Å². The van der Waals surface area contributed by atoms with Crippen LogP contribution in [-0.2, 0) is 19.2 Å². The Morgan fingerprint density at radius 3 is 2.79 bits per heavy atom. The average molecular weight is 331 g/mol. The third kappa shape index (κ3) is 2.45. The third-order valence-electron chi connectivity index (χ3n) is 5.35. The lowest BCUT2D eigenvalue weighted by atomic mass is 9.91. The van der Waals surface area contributed by atoms with E-state index in [-0.39, 0.29) is 35.7 Å². The topological polar surface area (TPSA) is 65.1 Å². The van der Waals surface area contributed by atoms with Gasteiger partial charge in [-0.1, -0.05) is 18.2 Å². The number of esters is 1. The second kappa shape index (κ2) is 6.09. The zero-order valence-electron chi connectivity index (χ0n) is 13.6. The van der Waals surface area contributed by atoms with Gasteiger partial charge in [-0.05, 0) is 25.3 Å². The van der Waals surface area contributed by atoms with Gasteiger partial charge in [-0.25, -0.2) is 5.06 Å². The van der Waals surface area contributed by atoms with E-state index in [1.807, 2.05) is 24.3 Å². The van der Waals surface area contributed by atoms with Gasteiger partial charge >= 0.3 is 5.97 Å². The van der Waals surface area contributed by atoms with Gasteiger partial charge in [-0.2, -0.15) is 0 Å². The quantitative estimate of drug-likeness (QED) is 0.777. The van der Waals surface area contributed by atoms with E-state index in [1.54, 1.807) is 0 Å². The number of benzene rings is 1. The molecule has 0 aromatic heterocycles. The summed E-state index contributed by atoms with van der Waals surface area (Å²) in [7, 11) is 1.39. The highest BCUT2D eigenvalue weighted by molar-refractivity contribution is 5.81. The monoisotopic (exact) mass is 331 g/mol. The van der Waals surface area contributed by atoms with Gasteiger partial charge in [0.25, 0.3) is 0 Å². The lowest BCUT2D eigenvalue weighted by Gasteiger charge is -2.32.